The summed E-state index contributed by atoms with van der Waals surface area (Å²) in [5.41, 5.74) is 0.0563. The summed E-state index contributed by atoms with van der Waals surface area (Å²) in [6.07, 6.45) is 2.48. The fraction of sp³-hybridized carbons (Fsp3) is 0.333. The first-order valence-electron chi connectivity index (χ1n) is 3.58. The molecule has 0 amide bonds. The van der Waals surface area contributed by atoms with Crippen molar-refractivity contribution >= 4 is 17.5 Å². The van der Waals surface area contributed by atoms with Crippen LogP contribution in [-0.2, 0) is 14.4 Å². The molecule has 12 heavy (non-hydrogen) atoms. The van der Waals surface area contributed by atoms with Crippen LogP contribution in [0.25, 0.3) is 0 Å². The first-order chi connectivity index (χ1) is 5.63. The van der Waals surface area contributed by atoms with Gasteiger partial charge in [-0.05, 0) is 13.0 Å². The van der Waals surface area contributed by atoms with Gasteiger partial charge in [0, 0.05) is 12.5 Å². The SMILES string of the molecule is CCC(=O)C(=CC=C=O)C(C)=O. The fourth-order valence-corrected chi connectivity index (χ4v) is 0.714. The van der Waals surface area contributed by atoms with Gasteiger partial charge >= 0.3 is 0 Å². The highest BCUT2D eigenvalue weighted by atomic mass is 16.1. The van der Waals surface area contributed by atoms with Gasteiger partial charge in [0.05, 0.1) is 5.57 Å². The molecule has 0 rings (SSSR count). The van der Waals surface area contributed by atoms with E-state index in [0.29, 0.717) is 0 Å². The standard InChI is InChI=1S/C9H10O3/c1-3-9(12)8(7(2)11)5-4-6-10/h4-5H,3H2,1-2H3. The minimum atomic E-state index is -0.326. The summed E-state index contributed by atoms with van der Waals surface area (Å²) in [4.78, 5) is 31.6. The maximum atomic E-state index is 11.0. The normalized spacial score (nSPS) is 10.3. The van der Waals surface area contributed by atoms with Gasteiger partial charge in [0.15, 0.2) is 11.6 Å². The number of hydrogen-bond acceptors (Lipinski definition) is 3. The minimum Gasteiger partial charge on any atom is -0.294 e. The maximum Gasteiger partial charge on any atom is 0.166 e. The van der Waals surface area contributed by atoms with Crippen molar-refractivity contribution < 1.29 is 14.4 Å². The highest BCUT2D eigenvalue weighted by Crippen LogP contribution is 2.01. The zero-order chi connectivity index (χ0) is 9.56. The number of ketones is 2. The number of carbonyl (C=O) groups is 2. The molecule has 0 N–H and O–H groups in total. The molecule has 0 unspecified atom stereocenters. The van der Waals surface area contributed by atoms with Crippen LogP contribution in [0.2, 0.25) is 0 Å². The highest BCUT2D eigenvalue weighted by molar-refractivity contribution is 6.19. The molecule has 0 bridgehead atoms. The van der Waals surface area contributed by atoms with Crippen molar-refractivity contribution in [1.29, 1.82) is 0 Å². The number of hydrogen-bond donors (Lipinski definition) is 0. The molecule has 0 aromatic carbocycles. The molecule has 0 heterocycles. The average molecular weight is 166 g/mol. The topological polar surface area (TPSA) is 51.2 Å². The third kappa shape index (κ3) is 3.08. The molecule has 0 aliphatic heterocycles. The summed E-state index contributed by atoms with van der Waals surface area (Å²) in [5, 5.41) is 0. The second kappa shape index (κ2) is 5.22. The maximum absolute atomic E-state index is 11.0. The highest BCUT2D eigenvalue weighted by Gasteiger charge is 2.10. The second-order valence-corrected chi connectivity index (χ2v) is 2.20. The minimum absolute atomic E-state index is 0.0563. The zero-order valence-electron chi connectivity index (χ0n) is 7.09. The Morgan fingerprint density at radius 1 is 1.42 bits per heavy atom. The smallest absolute Gasteiger partial charge is 0.166 e. The van der Waals surface area contributed by atoms with Gasteiger partial charge in [-0.25, -0.2) is 4.79 Å². The molecular weight excluding hydrogens is 156 g/mol. The molecule has 0 saturated heterocycles. The lowest BCUT2D eigenvalue weighted by molar-refractivity contribution is -0.120. The van der Waals surface area contributed by atoms with Gasteiger partial charge in [-0.1, -0.05) is 6.92 Å². The van der Waals surface area contributed by atoms with E-state index >= 15 is 0 Å². The van der Waals surface area contributed by atoms with Crippen LogP contribution in [-0.4, -0.2) is 17.5 Å². The third-order valence-electron chi connectivity index (χ3n) is 1.32. The van der Waals surface area contributed by atoms with Crippen LogP contribution in [0.1, 0.15) is 20.3 Å². The molecule has 0 aromatic heterocycles. The van der Waals surface area contributed by atoms with E-state index in [-0.39, 0.29) is 23.6 Å². The Morgan fingerprint density at radius 3 is 2.33 bits per heavy atom. The molecular formula is C9H10O3. The molecule has 3 heteroatoms. The molecule has 0 saturated carbocycles. The lowest BCUT2D eigenvalue weighted by atomic mass is 10.1. The van der Waals surface area contributed by atoms with Crippen LogP contribution in [0.15, 0.2) is 17.7 Å². The summed E-state index contributed by atoms with van der Waals surface area (Å²) in [6.45, 7) is 2.95. The fourth-order valence-electron chi connectivity index (χ4n) is 0.714. The monoisotopic (exact) mass is 166 g/mol. The summed E-state index contributed by atoms with van der Waals surface area (Å²) in [7, 11) is 0. The molecule has 0 spiro atoms. The van der Waals surface area contributed by atoms with Gasteiger partial charge in [0.1, 0.15) is 5.94 Å². The van der Waals surface area contributed by atoms with Crippen LogP contribution in [0.4, 0.5) is 0 Å². The lowest BCUT2D eigenvalue weighted by Gasteiger charge is -1.96. The van der Waals surface area contributed by atoms with E-state index in [9.17, 15) is 14.4 Å². The zero-order valence-corrected chi connectivity index (χ0v) is 7.09. The van der Waals surface area contributed by atoms with E-state index in [1.165, 1.54) is 18.9 Å². The van der Waals surface area contributed by atoms with Gasteiger partial charge in [-0.2, -0.15) is 0 Å². The lowest BCUT2D eigenvalue weighted by Crippen LogP contribution is -2.08. The summed E-state index contributed by atoms with van der Waals surface area (Å²) < 4.78 is 0. The summed E-state index contributed by atoms with van der Waals surface area (Å²) in [6, 6.07) is 0. The molecule has 0 aliphatic rings. The largest absolute Gasteiger partial charge is 0.294 e. The molecule has 0 aliphatic carbocycles. The van der Waals surface area contributed by atoms with Crippen molar-refractivity contribution in [3.8, 4) is 0 Å². The number of carbonyl (C=O) groups excluding carboxylic acids is 3. The Morgan fingerprint density at radius 2 is 2.00 bits per heavy atom. The molecule has 0 radical (unpaired) electrons. The number of rotatable bonds is 4. The molecule has 0 atom stereocenters. The van der Waals surface area contributed by atoms with Gasteiger partial charge in [0.25, 0.3) is 0 Å². The van der Waals surface area contributed by atoms with Crippen molar-refractivity contribution in [1.82, 2.24) is 0 Å². The average Bonchev–Trinajstić information content (AvgIpc) is 2.04. The van der Waals surface area contributed by atoms with Crippen molar-refractivity contribution in [2.75, 3.05) is 0 Å². The van der Waals surface area contributed by atoms with Crippen LogP contribution < -0.4 is 0 Å². The molecule has 3 nitrogen and oxygen atoms in total. The van der Waals surface area contributed by atoms with Crippen molar-refractivity contribution in [2.45, 2.75) is 20.3 Å². The van der Waals surface area contributed by atoms with E-state index in [1.54, 1.807) is 6.92 Å². The van der Waals surface area contributed by atoms with E-state index in [4.69, 9.17) is 0 Å². The Labute approximate surface area is 70.8 Å². The van der Waals surface area contributed by atoms with Gasteiger partial charge in [-0.3, -0.25) is 9.59 Å². The summed E-state index contributed by atoms with van der Waals surface area (Å²) in [5.74, 6) is 0.895. The van der Waals surface area contributed by atoms with Gasteiger partial charge in [0.2, 0.25) is 0 Å². The van der Waals surface area contributed by atoms with Crippen molar-refractivity contribution in [3.63, 3.8) is 0 Å². The predicted octanol–water partition coefficient (Wildman–Crippen LogP) is 0.869. The Balaban J connectivity index is 4.78. The van der Waals surface area contributed by atoms with Crippen LogP contribution in [0, 0.1) is 0 Å². The van der Waals surface area contributed by atoms with E-state index in [2.05, 4.69) is 0 Å². The third-order valence-corrected chi connectivity index (χ3v) is 1.32. The van der Waals surface area contributed by atoms with E-state index in [1.807, 2.05) is 0 Å². The van der Waals surface area contributed by atoms with Crippen LogP contribution in [0.5, 0.6) is 0 Å². The van der Waals surface area contributed by atoms with E-state index < -0.39 is 0 Å². The van der Waals surface area contributed by atoms with Gasteiger partial charge in [-0.15, -0.1) is 0 Å². The molecule has 64 valence electrons. The van der Waals surface area contributed by atoms with Crippen LogP contribution >= 0.6 is 0 Å². The van der Waals surface area contributed by atoms with Crippen molar-refractivity contribution in [3.05, 3.63) is 17.7 Å². The first kappa shape index (κ1) is 10.5. The van der Waals surface area contributed by atoms with Crippen molar-refractivity contribution in [2.24, 2.45) is 0 Å². The Kier molecular flexibility index (Phi) is 4.58. The molecule has 0 aromatic rings. The van der Waals surface area contributed by atoms with E-state index in [0.717, 1.165) is 6.08 Å². The number of Topliss-reactive ketones (excluding diaryl/α,β-unsaturated/α-hetero) is 2. The summed E-state index contributed by atoms with van der Waals surface area (Å²) >= 11 is 0. The second-order valence-electron chi connectivity index (χ2n) is 2.20. The predicted molar refractivity (Wildman–Crippen MR) is 44.3 cm³/mol. The quantitative estimate of drug-likeness (QED) is 0.205. The van der Waals surface area contributed by atoms with Crippen LogP contribution in [0.3, 0.4) is 0 Å². The Hall–Kier alpha value is -1.47. The van der Waals surface area contributed by atoms with Gasteiger partial charge < -0.3 is 0 Å². The first-order valence-corrected chi connectivity index (χ1v) is 3.58. The Bertz CT molecular complexity index is 267. The molecule has 0 fully saturated rings. The number of allylic oxidation sites excluding steroid dienone is 3.